The molecule has 1 saturated heterocycles. The van der Waals surface area contributed by atoms with Crippen LogP contribution in [0.4, 0.5) is 0 Å². The van der Waals surface area contributed by atoms with Crippen LogP contribution in [0.15, 0.2) is 22.8 Å². The van der Waals surface area contributed by atoms with E-state index in [-0.39, 0.29) is 24.2 Å². The lowest BCUT2D eigenvalue weighted by Crippen LogP contribution is -2.52. The third-order valence-corrected chi connectivity index (χ3v) is 3.47. The van der Waals surface area contributed by atoms with Crippen molar-refractivity contribution in [2.24, 2.45) is 0 Å². The Bertz CT molecular complexity index is 450. The van der Waals surface area contributed by atoms with Crippen LogP contribution in [0.5, 0.6) is 0 Å². The molecule has 1 aliphatic heterocycles. The maximum Gasteiger partial charge on any atom is 0.290 e. The van der Waals surface area contributed by atoms with Gasteiger partial charge >= 0.3 is 0 Å². The summed E-state index contributed by atoms with van der Waals surface area (Å²) in [6.45, 7) is 1.88. The minimum Gasteiger partial charge on any atom is -0.459 e. The molecular formula is C14H22ClN3O3. The quantitative estimate of drug-likeness (QED) is 0.796. The van der Waals surface area contributed by atoms with Gasteiger partial charge in [-0.3, -0.25) is 9.59 Å². The Morgan fingerprint density at radius 2 is 2.19 bits per heavy atom. The van der Waals surface area contributed by atoms with E-state index < -0.39 is 6.04 Å². The fourth-order valence-corrected chi connectivity index (χ4v) is 2.42. The van der Waals surface area contributed by atoms with Crippen molar-refractivity contribution in [3.63, 3.8) is 0 Å². The van der Waals surface area contributed by atoms with Crippen molar-refractivity contribution in [3.8, 4) is 0 Å². The molecule has 0 aliphatic carbocycles. The monoisotopic (exact) mass is 315 g/mol. The van der Waals surface area contributed by atoms with Crippen LogP contribution in [0.25, 0.3) is 0 Å². The van der Waals surface area contributed by atoms with Gasteiger partial charge in [0.25, 0.3) is 5.91 Å². The Morgan fingerprint density at radius 1 is 1.38 bits per heavy atom. The Labute approximate surface area is 130 Å². The summed E-state index contributed by atoms with van der Waals surface area (Å²) in [4.78, 5) is 26.2. The second-order valence-corrected chi connectivity index (χ2v) is 4.88. The van der Waals surface area contributed by atoms with Gasteiger partial charge in [-0.1, -0.05) is 0 Å². The molecule has 1 unspecified atom stereocenters. The fourth-order valence-electron chi connectivity index (χ4n) is 2.42. The second kappa shape index (κ2) is 8.69. The molecule has 2 heterocycles. The van der Waals surface area contributed by atoms with E-state index in [1.165, 1.54) is 6.26 Å². The van der Waals surface area contributed by atoms with Crippen molar-refractivity contribution in [2.45, 2.75) is 25.3 Å². The Kier molecular flexibility index (Phi) is 7.25. The maximum absolute atomic E-state index is 12.3. The molecule has 2 N–H and O–H groups in total. The smallest absolute Gasteiger partial charge is 0.290 e. The number of hydrogen-bond donors (Lipinski definition) is 2. The Balaban J connectivity index is 0.00000220. The molecule has 0 aromatic carbocycles. The van der Waals surface area contributed by atoms with Crippen molar-refractivity contribution in [2.75, 3.05) is 26.7 Å². The van der Waals surface area contributed by atoms with Crippen LogP contribution in [0, 0.1) is 0 Å². The van der Waals surface area contributed by atoms with Gasteiger partial charge in [0, 0.05) is 19.6 Å². The van der Waals surface area contributed by atoms with Gasteiger partial charge in [-0.25, -0.2) is 0 Å². The molecule has 0 radical (unpaired) electrons. The van der Waals surface area contributed by atoms with E-state index in [1.54, 1.807) is 17.0 Å². The molecule has 6 nitrogen and oxygen atoms in total. The maximum atomic E-state index is 12.3. The van der Waals surface area contributed by atoms with Crippen molar-refractivity contribution in [3.05, 3.63) is 24.2 Å². The number of likely N-dealkylation sites (N-methyl/N-ethyl adjacent to an activating group) is 1. The molecular weight excluding hydrogens is 294 g/mol. The van der Waals surface area contributed by atoms with Crippen LogP contribution in [0.3, 0.4) is 0 Å². The van der Waals surface area contributed by atoms with Gasteiger partial charge in [-0.15, -0.1) is 12.4 Å². The van der Waals surface area contributed by atoms with Gasteiger partial charge in [0.2, 0.25) is 5.91 Å². The van der Waals surface area contributed by atoms with E-state index in [4.69, 9.17) is 4.42 Å². The average molecular weight is 316 g/mol. The van der Waals surface area contributed by atoms with Crippen LogP contribution in [-0.4, -0.2) is 49.4 Å². The number of rotatable bonds is 5. The van der Waals surface area contributed by atoms with Crippen LogP contribution in [-0.2, 0) is 4.79 Å². The molecule has 2 amide bonds. The average Bonchev–Trinajstić information content (AvgIpc) is 3.01. The zero-order valence-corrected chi connectivity index (χ0v) is 12.9. The van der Waals surface area contributed by atoms with E-state index in [0.717, 1.165) is 12.8 Å². The van der Waals surface area contributed by atoms with Crippen molar-refractivity contribution in [1.82, 2.24) is 15.5 Å². The van der Waals surface area contributed by atoms with Gasteiger partial charge in [0.15, 0.2) is 5.76 Å². The normalized spacial score (nSPS) is 18.0. The largest absolute Gasteiger partial charge is 0.459 e. The zero-order chi connectivity index (χ0) is 14.4. The molecule has 1 aliphatic rings. The number of nitrogens with zero attached hydrogens (tertiary/aromatic N) is 1. The fraction of sp³-hybridized carbons (Fsp3) is 0.571. The van der Waals surface area contributed by atoms with E-state index in [1.807, 2.05) is 7.05 Å². The summed E-state index contributed by atoms with van der Waals surface area (Å²) >= 11 is 0. The molecule has 1 aromatic rings. The molecule has 7 heteroatoms. The summed E-state index contributed by atoms with van der Waals surface area (Å²) in [5, 5.41) is 5.83. The first kappa shape index (κ1) is 17.5. The van der Waals surface area contributed by atoms with Crippen molar-refractivity contribution in [1.29, 1.82) is 0 Å². The van der Waals surface area contributed by atoms with Gasteiger partial charge in [-0.2, -0.15) is 0 Å². The van der Waals surface area contributed by atoms with Crippen molar-refractivity contribution < 1.29 is 14.0 Å². The molecule has 0 bridgehead atoms. The molecule has 0 saturated carbocycles. The highest BCUT2D eigenvalue weighted by molar-refractivity contribution is 5.95. The molecule has 1 fully saturated rings. The standard InChI is InChI=1S/C14H21N3O3.ClH/c1-15-7-8-16-13(18)11-5-2-3-9-17(11)14(19)12-6-4-10-20-12;/h4,6,10-11,15H,2-3,5,7-9H2,1H3,(H,16,18);1H. The number of hydrogen-bond acceptors (Lipinski definition) is 4. The first-order chi connectivity index (χ1) is 9.74. The van der Waals surface area contributed by atoms with Gasteiger partial charge in [0.1, 0.15) is 6.04 Å². The lowest BCUT2D eigenvalue weighted by Gasteiger charge is -2.34. The van der Waals surface area contributed by atoms with E-state index in [2.05, 4.69) is 10.6 Å². The minimum absolute atomic E-state index is 0. The van der Waals surface area contributed by atoms with E-state index in [9.17, 15) is 9.59 Å². The van der Waals surface area contributed by atoms with E-state index in [0.29, 0.717) is 31.8 Å². The van der Waals surface area contributed by atoms with E-state index >= 15 is 0 Å². The number of piperidine rings is 1. The topological polar surface area (TPSA) is 74.6 Å². The summed E-state index contributed by atoms with van der Waals surface area (Å²) in [7, 11) is 1.83. The lowest BCUT2D eigenvalue weighted by atomic mass is 10.0. The number of carbonyl (C=O) groups is 2. The number of furan rings is 1. The molecule has 0 spiro atoms. The molecule has 1 atom stereocenters. The van der Waals surface area contributed by atoms with Crippen LogP contribution in [0.2, 0.25) is 0 Å². The predicted molar refractivity (Wildman–Crippen MR) is 81.6 cm³/mol. The second-order valence-electron chi connectivity index (χ2n) is 4.88. The third-order valence-electron chi connectivity index (χ3n) is 3.47. The van der Waals surface area contributed by atoms with Crippen LogP contribution < -0.4 is 10.6 Å². The molecule has 2 rings (SSSR count). The summed E-state index contributed by atoms with van der Waals surface area (Å²) in [5.41, 5.74) is 0. The minimum atomic E-state index is -0.391. The SMILES string of the molecule is CNCCNC(=O)C1CCCCN1C(=O)c1ccco1.Cl. The van der Waals surface area contributed by atoms with Crippen LogP contribution in [0.1, 0.15) is 29.8 Å². The zero-order valence-electron chi connectivity index (χ0n) is 12.1. The highest BCUT2D eigenvalue weighted by Gasteiger charge is 2.33. The Morgan fingerprint density at radius 3 is 2.86 bits per heavy atom. The van der Waals surface area contributed by atoms with Crippen molar-refractivity contribution >= 4 is 24.2 Å². The summed E-state index contributed by atoms with van der Waals surface area (Å²) in [6.07, 6.45) is 4.07. The number of halogens is 1. The number of amides is 2. The number of carbonyl (C=O) groups excluding carboxylic acids is 2. The van der Waals surface area contributed by atoms with Gasteiger partial charge in [-0.05, 0) is 38.4 Å². The predicted octanol–water partition coefficient (Wildman–Crippen LogP) is 1.03. The molecule has 118 valence electrons. The number of nitrogens with one attached hydrogen (secondary N) is 2. The van der Waals surface area contributed by atoms with Crippen LogP contribution >= 0.6 is 12.4 Å². The third kappa shape index (κ3) is 4.47. The molecule has 21 heavy (non-hydrogen) atoms. The lowest BCUT2D eigenvalue weighted by molar-refractivity contribution is -0.126. The highest BCUT2D eigenvalue weighted by atomic mass is 35.5. The summed E-state index contributed by atoms with van der Waals surface area (Å²) < 4.78 is 5.14. The van der Waals surface area contributed by atoms with Gasteiger partial charge < -0.3 is 20.0 Å². The number of likely N-dealkylation sites (tertiary alicyclic amines) is 1. The highest BCUT2D eigenvalue weighted by Crippen LogP contribution is 2.20. The first-order valence-corrected chi connectivity index (χ1v) is 7.01. The molecule has 1 aromatic heterocycles. The van der Waals surface area contributed by atoms with Gasteiger partial charge in [0.05, 0.1) is 6.26 Å². The summed E-state index contributed by atoms with van der Waals surface area (Å²) in [5.74, 6) is 0.00301. The Hall–Kier alpha value is -1.53. The summed E-state index contributed by atoms with van der Waals surface area (Å²) in [6, 6.07) is 2.92. The first-order valence-electron chi connectivity index (χ1n) is 7.01.